The van der Waals surface area contributed by atoms with Crippen molar-refractivity contribution in [2.75, 3.05) is 30.5 Å². The molecule has 0 atom stereocenters. The zero-order valence-corrected chi connectivity index (χ0v) is 14.0. The van der Waals surface area contributed by atoms with Crippen molar-refractivity contribution in [3.63, 3.8) is 0 Å². The number of rotatable bonds is 5. The van der Waals surface area contributed by atoms with E-state index < -0.39 is 11.8 Å². The number of carbonyl (C=O) groups is 2. The number of carbonyl (C=O) groups excluding carboxylic acids is 1. The number of hydrogen-bond donors (Lipinski definition) is 1. The summed E-state index contributed by atoms with van der Waals surface area (Å²) in [6.45, 7) is 0. The van der Waals surface area contributed by atoms with Gasteiger partial charge in [0.05, 0.1) is 4.24 Å². The number of carboxylic acids is 1. The average Bonchev–Trinajstić information content (AvgIpc) is 2.99. The molecule has 22 heavy (non-hydrogen) atoms. The lowest BCUT2D eigenvalue weighted by atomic mass is 10.1. The molecule has 1 fully saturated rings. The van der Waals surface area contributed by atoms with Crippen LogP contribution < -0.4 is 4.90 Å². The fourth-order valence-electron chi connectivity index (χ4n) is 1.91. The molecule has 0 aliphatic carbocycles. The zero-order valence-electron chi connectivity index (χ0n) is 12.4. The standard InChI is InChI=1S/C16H17NO3S2/c1-17(2)12-5-3-4-11(10-12)6-7-13(18)14(15(19)20)16-21-8-9-22-16/h3-7,10H,8-9H2,1-2H3,(H,19,20). The summed E-state index contributed by atoms with van der Waals surface area (Å²) < 4.78 is 0.615. The van der Waals surface area contributed by atoms with E-state index in [1.165, 1.54) is 29.6 Å². The lowest BCUT2D eigenvalue weighted by molar-refractivity contribution is -0.134. The number of aliphatic carboxylic acids is 1. The molecule has 1 heterocycles. The van der Waals surface area contributed by atoms with Crippen LogP contribution in [0.1, 0.15) is 5.56 Å². The number of thioether (sulfide) groups is 2. The molecule has 4 nitrogen and oxygen atoms in total. The van der Waals surface area contributed by atoms with Gasteiger partial charge in [-0.1, -0.05) is 18.2 Å². The number of ketones is 1. The third-order valence-corrected chi connectivity index (χ3v) is 5.74. The largest absolute Gasteiger partial charge is 0.477 e. The number of allylic oxidation sites excluding steroid dienone is 1. The number of nitrogens with zero attached hydrogens (tertiary/aromatic N) is 1. The lowest BCUT2D eigenvalue weighted by Gasteiger charge is -2.12. The minimum Gasteiger partial charge on any atom is -0.477 e. The van der Waals surface area contributed by atoms with Gasteiger partial charge in [0, 0.05) is 31.3 Å². The summed E-state index contributed by atoms with van der Waals surface area (Å²) in [6, 6.07) is 7.69. The van der Waals surface area contributed by atoms with Crippen LogP contribution in [-0.2, 0) is 9.59 Å². The van der Waals surface area contributed by atoms with Crippen molar-refractivity contribution in [2.45, 2.75) is 0 Å². The van der Waals surface area contributed by atoms with Gasteiger partial charge >= 0.3 is 5.97 Å². The van der Waals surface area contributed by atoms with E-state index in [0.29, 0.717) is 4.24 Å². The maximum Gasteiger partial charge on any atom is 0.341 e. The Morgan fingerprint density at radius 2 is 1.91 bits per heavy atom. The van der Waals surface area contributed by atoms with E-state index in [9.17, 15) is 14.7 Å². The van der Waals surface area contributed by atoms with E-state index in [2.05, 4.69) is 0 Å². The Balaban J connectivity index is 2.21. The van der Waals surface area contributed by atoms with Gasteiger partial charge < -0.3 is 10.0 Å². The van der Waals surface area contributed by atoms with Crippen molar-refractivity contribution in [2.24, 2.45) is 0 Å². The Morgan fingerprint density at radius 3 is 2.50 bits per heavy atom. The molecular weight excluding hydrogens is 318 g/mol. The Kier molecular flexibility index (Phi) is 5.74. The maximum absolute atomic E-state index is 12.2. The van der Waals surface area contributed by atoms with Crippen molar-refractivity contribution < 1.29 is 14.7 Å². The molecule has 1 aliphatic heterocycles. The van der Waals surface area contributed by atoms with Crippen LogP contribution >= 0.6 is 23.5 Å². The van der Waals surface area contributed by atoms with E-state index >= 15 is 0 Å². The topological polar surface area (TPSA) is 57.6 Å². The highest BCUT2D eigenvalue weighted by atomic mass is 32.2. The highest BCUT2D eigenvalue weighted by molar-refractivity contribution is 8.25. The summed E-state index contributed by atoms with van der Waals surface area (Å²) in [6.07, 6.45) is 2.99. The third kappa shape index (κ3) is 4.18. The molecule has 6 heteroatoms. The summed E-state index contributed by atoms with van der Waals surface area (Å²) in [4.78, 5) is 25.5. The SMILES string of the molecule is CN(C)c1cccc(C=CC(=O)C(C(=O)O)=C2SCCS2)c1. The maximum atomic E-state index is 12.2. The normalized spacial score (nSPS) is 14.4. The summed E-state index contributed by atoms with van der Waals surface area (Å²) in [5.41, 5.74) is 1.77. The highest BCUT2D eigenvalue weighted by Crippen LogP contribution is 2.39. The van der Waals surface area contributed by atoms with Crippen molar-refractivity contribution in [1.29, 1.82) is 0 Å². The summed E-state index contributed by atoms with van der Waals surface area (Å²) in [7, 11) is 3.88. The fraction of sp³-hybridized carbons (Fsp3) is 0.250. The first-order valence-electron chi connectivity index (χ1n) is 6.72. The molecule has 116 valence electrons. The van der Waals surface area contributed by atoms with E-state index in [1.807, 2.05) is 43.3 Å². The molecule has 0 spiro atoms. The predicted octanol–water partition coefficient (Wildman–Crippen LogP) is 3.11. The van der Waals surface area contributed by atoms with Crippen molar-refractivity contribution in [3.8, 4) is 0 Å². The van der Waals surface area contributed by atoms with E-state index in [1.54, 1.807) is 6.08 Å². The molecular formula is C16H17NO3S2. The first-order valence-corrected chi connectivity index (χ1v) is 8.69. The van der Waals surface area contributed by atoms with Gasteiger partial charge in [0.1, 0.15) is 5.57 Å². The van der Waals surface area contributed by atoms with Crippen LogP contribution in [0.5, 0.6) is 0 Å². The van der Waals surface area contributed by atoms with E-state index in [0.717, 1.165) is 22.8 Å². The number of hydrogen-bond acceptors (Lipinski definition) is 5. The van der Waals surface area contributed by atoms with Gasteiger partial charge in [0.25, 0.3) is 0 Å². The van der Waals surface area contributed by atoms with E-state index in [-0.39, 0.29) is 5.57 Å². The molecule has 1 aromatic rings. The van der Waals surface area contributed by atoms with Crippen molar-refractivity contribution in [1.82, 2.24) is 0 Å². The van der Waals surface area contributed by atoms with Crippen LogP contribution in [0.2, 0.25) is 0 Å². The molecule has 1 N–H and O–H groups in total. The van der Waals surface area contributed by atoms with Gasteiger partial charge in [0.15, 0.2) is 5.78 Å². The van der Waals surface area contributed by atoms with Gasteiger partial charge in [-0.15, -0.1) is 23.5 Å². The zero-order chi connectivity index (χ0) is 16.1. The van der Waals surface area contributed by atoms with Crippen LogP contribution in [0.3, 0.4) is 0 Å². The molecule has 2 rings (SSSR count). The first kappa shape index (κ1) is 16.7. The van der Waals surface area contributed by atoms with E-state index in [4.69, 9.17) is 0 Å². The number of carboxylic acid groups (broad SMARTS) is 1. The van der Waals surface area contributed by atoms with Gasteiger partial charge in [-0.3, -0.25) is 4.79 Å². The number of benzene rings is 1. The van der Waals surface area contributed by atoms with Crippen LogP contribution in [0, 0.1) is 0 Å². The smallest absolute Gasteiger partial charge is 0.341 e. The Morgan fingerprint density at radius 1 is 1.23 bits per heavy atom. The quantitative estimate of drug-likeness (QED) is 0.507. The molecule has 1 aromatic carbocycles. The van der Waals surface area contributed by atoms with Crippen molar-refractivity contribution in [3.05, 3.63) is 45.7 Å². The molecule has 1 aliphatic rings. The van der Waals surface area contributed by atoms with Crippen LogP contribution in [0.4, 0.5) is 5.69 Å². The van der Waals surface area contributed by atoms with Gasteiger partial charge in [-0.05, 0) is 23.8 Å². The van der Waals surface area contributed by atoms with Gasteiger partial charge in [-0.25, -0.2) is 4.79 Å². The second kappa shape index (κ2) is 7.56. The Labute approximate surface area is 138 Å². The van der Waals surface area contributed by atoms with Crippen LogP contribution in [0.25, 0.3) is 6.08 Å². The Hall–Kier alpha value is -1.66. The summed E-state index contributed by atoms with van der Waals surface area (Å²) in [5.74, 6) is 0.0744. The molecule has 0 aromatic heterocycles. The molecule has 0 radical (unpaired) electrons. The molecule has 0 amide bonds. The van der Waals surface area contributed by atoms with Crippen molar-refractivity contribution >= 4 is 47.0 Å². The molecule has 1 saturated heterocycles. The second-order valence-corrected chi connectivity index (χ2v) is 7.32. The van der Waals surface area contributed by atoms with Gasteiger partial charge in [0.2, 0.25) is 0 Å². The fourth-order valence-corrected chi connectivity index (χ4v) is 4.45. The third-order valence-electron chi connectivity index (χ3n) is 3.03. The van der Waals surface area contributed by atoms with Crippen LogP contribution in [-0.4, -0.2) is 42.5 Å². The first-order chi connectivity index (χ1) is 10.5. The minimum absolute atomic E-state index is 0.118. The summed E-state index contributed by atoms with van der Waals surface area (Å²) >= 11 is 2.87. The van der Waals surface area contributed by atoms with Gasteiger partial charge in [-0.2, -0.15) is 0 Å². The second-order valence-electron chi connectivity index (χ2n) is 4.85. The molecule has 0 saturated carbocycles. The summed E-state index contributed by atoms with van der Waals surface area (Å²) in [5, 5.41) is 9.27. The number of anilines is 1. The lowest BCUT2D eigenvalue weighted by Crippen LogP contribution is -2.11. The molecule has 0 unspecified atom stereocenters. The minimum atomic E-state index is -1.16. The molecule has 0 bridgehead atoms. The van der Waals surface area contributed by atoms with Crippen LogP contribution in [0.15, 0.2) is 40.2 Å². The Bertz CT molecular complexity index is 643. The highest BCUT2D eigenvalue weighted by Gasteiger charge is 2.24. The average molecular weight is 335 g/mol. The predicted molar refractivity (Wildman–Crippen MR) is 94.4 cm³/mol. The monoisotopic (exact) mass is 335 g/mol.